The zero-order valence-electron chi connectivity index (χ0n) is 10.3. The second-order valence-electron chi connectivity index (χ2n) is 4.36. The van der Waals surface area contributed by atoms with Crippen molar-refractivity contribution in [1.29, 1.82) is 0 Å². The maximum absolute atomic E-state index is 5.19. The summed E-state index contributed by atoms with van der Waals surface area (Å²) >= 11 is 4.19. The maximum Gasteiger partial charge on any atom is 0.137 e. The molecule has 1 atom stereocenters. The SMILES string of the molecule is Cc1noc(C)c1C(C)CCn1ccc(S)n1. The minimum absolute atomic E-state index is 0.425. The second-order valence-corrected chi connectivity index (χ2v) is 4.82. The van der Waals surface area contributed by atoms with E-state index < -0.39 is 0 Å². The Labute approximate surface area is 106 Å². The van der Waals surface area contributed by atoms with E-state index in [-0.39, 0.29) is 0 Å². The molecule has 0 aromatic carbocycles. The molecule has 2 aromatic heterocycles. The number of nitrogens with zero attached hydrogens (tertiary/aromatic N) is 3. The molecule has 2 heterocycles. The van der Waals surface area contributed by atoms with Crippen molar-refractivity contribution in [3.63, 3.8) is 0 Å². The van der Waals surface area contributed by atoms with E-state index in [0.717, 1.165) is 29.4 Å². The van der Waals surface area contributed by atoms with Crippen molar-refractivity contribution in [1.82, 2.24) is 14.9 Å². The topological polar surface area (TPSA) is 43.9 Å². The first-order chi connectivity index (χ1) is 8.08. The minimum Gasteiger partial charge on any atom is -0.361 e. The molecule has 0 aliphatic rings. The first kappa shape index (κ1) is 12.2. The standard InChI is InChI=1S/C12H17N3OS/c1-8(12-9(2)14-16-10(12)3)4-6-15-7-5-11(17)13-15/h5,7-8H,4,6H2,1-3H3,(H,13,17). The van der Waals surface area contributed by atoms with Gasteiger partial charge in [-0.2, -0.15) is 5.10 Å². The van der Waals surface area contributed by atoms with Crippen LogP contribution < -0.4 is 0 Å². The Hall–Kier alpha value is -1.23. The van der Waals surface area contributed by atoms with Crippen LogP contribution >= 0.6 is 12.6 Å². The molecule has 0 fully saturated rings. The van der Waals surface area contributed by atoms with Crippen LogP contribution in [-0.4, -0.2) is 14.9 Å². The molecule has 4 nitrogen and oxygen atoms in total. The number of hydrogen-bond acceptors (Lipinski definition) is 4. The van der Waals surface area contributed by atoms with Gasteiger partial charge in [0.25, 0.3) is 0 Å². The van der Waals surface area contributed by atoms with Crippen LogP contribution in [0.3, 0.4) is 0 Å². The van der Waals surface area contributed by atoms with Crippen LogP contribution in [0.5, 0.6) is 0 Å². The van der Waals surface area contributed by atoms with Crippen molar-refractivity contribution in [2.75, 3.05) is 0 Å². The highest BCUT2D eigenvalue weighted by Gasteiger charge is 2.16. The average molecular weight is 251 g/mol. The molecule has 5 heteroatoms. The van der Waals surface area contributed by atoms with Crippen molar-refractivity contribution in [3.05, 3.63) is 29.3 Å². The summed E-state index contributed by atoms with van der Waals surface area (Å²) in [5, 5.41) is 9.00. The van der Waals surface area contributed by atoms with Crippen LogP contribution in [0.1, 0.15) is 36.3 Å². The van der Waals surface area contributed by atoms with Gasteiger partial charge in [0.2, 0.25) is 0 Å². The van der Waals surface area contributed by atoms with Gasteiger partial charge in [0.1, 0.15) is 10.8 Å². The predicted molar refractivity (Wildman–Crippen MR) is 68.5 cm³/mol. The first-order valence-corrected chi connectivity index (χ1v) is 6.18. The molecule has 17 heavy (non-hydrogen) atoms. The van der Waals surface area contributed by atoms with Crippen LogP contribution in [-0.2, 0) is 6.54 Å². The average Bonchev–Trinajstić information content (AvgIpc) is 2.83. The lowest BCUT2D eigenvalue weighted by Crippen LogP contribution is -2.04. The molecule has 0 saturated heterocycles. The maximum atomic E-state index is 5.19. The van der Waals surface area contributed by atoms with Gasteiger partial charge < -0.3 is 4.52 Å². The van der Waals surface area contributed by atoms with E-state index >= 15 is 0 Å². The molecule has 0 radical (unpaired) electrons. The number of rotatable bonds is 4. The Morgan fingerprint density at radius 3 is 2.76 bits per heavy atom. The third-order valence-electron chi connectivity index (χ3n) is 3.00. The van der Waals surface area contributed by atoms with Gasteiger partial charge in [-0.05, 0) is 32.3 Å². The molecule has 0 aliphatic carbocycles. The van der Waals surface area contributed by atoms with Gasteiger partial charge in [-0.1, -0.05) is 12.1 Å². The fraction of sp³-hybridized carbons (Fsp3) is 0.500. The summed E-state index contributed by atoms with van der Waals surface area (Å²) in [5.41, 5.74) is 2.22. The predicted octanol–water partition coefficient (Wildman–Crippen LogP) is 2.97. The third-order valence-corrected chi connectivity index (χ3v) is 3.24. The molecule has 92 valence electrons. The number of hydrogen-bond donors (Lipinski definition) is 1. The molecule has 0 saturated carbocycles. The summed E-state index contributed by atoms with van der Waals surface area (Å²) in [4.78, 5) is 0. The third kappa shape index (κ3) is 2.72. The molecule has 0 bridgehead atoms. The Bertz CT molecular complexity index is 484. The van der Waals surface area contributed by atoms with E-state index in [2.05, 4.69) is 29.8 Å². The van der Waals surface area contributed by atoms with Crippen LogP contribution in [0.4, 0.5) is 0 Å². The van der Waals surface area contributed by atoms with Gasteiger partial charge in [0, 0.05) is 18.3 Å². The van der Waals surface area contributed by atoms with Crippen LogP contribution in [0.2, 0.25) is 0 Å². The minimum atomic E-state index is 0.425. The molecule has 2 rings (SSSR count). The summed E-state index contributed by atoms with van der Waals surface area (Å²) in [6, 6.07) is 1.89. The summed E-state index contributed by atoms with van der Waals surface area (Å²) < 4.78 is 7.10. The molecule has 0 N–H and O–H groups in total. The van der Waals surface area contributed by atoms with E-state index in [1.54, 1.807) is 0 Å². The lowest BCUT2D eigenvalue weighted by molar-refractivity contribution is 0.391. The van der Waals surface area contributed by atoms with Crippen molar-refractivity contribution in [2.24, 2.45) is 0 Å². The molecular weight excluding hydrogens is 234 g/mol. The first-order valence-electron chi connectivity index (χ1n) is 5.73. The lowest BCUT2D eigenvalue weighted by Gasteiger charge is -2.10. The van der Waals surface area contributed by atoms with Gasteiger partial charge in [-0.25, -0.2) is 0 Å². The number of aryl methyl sites for hydroxylation is 3. The number of thiol groups is 1. The van der Waals surface area contributed by atoms with E-state index in [9.17, 15) is 0 Å². The highest BCUT2D eigenvalue weighted by atomic mass is 32.1. The number of aromatic nitrogens is 3. The Kier molecular flexibility index (Phi) is 3.57. The van der Waals surface area contributed by atoms with Gasteiger partial charge in [-0.15, -0.1) is 12.6 Å². The highest BCUT2D eigenvalue weighted by molar-refractivity contribution is 7.80. The van der Waals surface area contributed by atoms with Crippen molar-refractivity contribution >= 4 is 12.6 Å². The zero-order valence-corrected chi connectivity index (χ0v) is 11.2. The summed E-state index contributed by atoms with van der Waals surface area (Å²) in [7, 11) is 0. The van der Waals surface area contributed by atoms with Crippen molar-refractivity contribution in [2.45, 2.75) is 44.7 Å². The zero-order chi connectivity index (χ0) is 12.4. The summed E-state index contributed by atoms with van der Waals surface area (Å²) in [6.45, 7) is 7.02. The van der Waals surface area contributed by atoms with Crippen LogP contribution in [0.25, 0.3) is 0 Å². The molecule has 0 aliphatic heterocycles. The lowest BCUT2D eigenvalue weighted by atomic mass is 9.96. The van der Waals surface area contributed by atoms with Gasteiger partial charge in [-0.3, -0.25) is 4.68 Å². The summed E-state index contributed by atoms with van der Waals surface area (Å²) in [6.07, 6.45) is 2.96. The fourth-order valence-electron chi connectivity index (χ4n) is 2.14. The Morgan fingerprint density at radius 2 is 2.24 bits per heavy atom. The van der Waals surface area contributed by atoms with E-state index in [1.807, 2.05) is 30.8 Å². The summed E-state index contributed by atoms with van der Waals surface area (Å²) in [5.74, 6) is 1.35. The van der Waals surface area contributed by atoms with E-state index in [0.29, 0.717) is 5.92 Å². The quantitative estimate of drug-likeness (QED) is 0.850. The van der Waals surface area contributed by atoms with Crippen molar-refractivity contribution in [3.8, 4) is 0 Å². The highest BCUT2D eigenvalue weighted by Crippen LogP contribution is 2.26. The van der Waals surface area contributed by atoms with Gasteiger partial charge >= 0.3 is 0 Å². The molecule has 1 unspecified atom stereocenters. The second kappa shape index (κ2) is 4.96. The van der Waals surface area contributed by atoms with E-state index in [4.69, 9.17) is 4.52 Å². The largest absolute Gasteiger partial charge is 0.361 e. The Morgan fingerprint density at radius 1 is 1.47 bits per heavy atom. The molecule has 0 spiro atoms. The Balaban J connectivity index is 2.00. The van der Waals surface area contributed by atoms with Gasteiger partial charge in [0.15, 0.2) is 0 Å². The molecule has 2 aromatic rings. The monoisotopic (exact) mass is 251 g/mol. The van der Waals surface area contributed by atoms with Crippen LogP contribution in [0.15, 0.2) is 21.8 Å². The van der Waals surface area contributed by atoms with E-state index in [1.165, 1.54) is 5.56 Å². The fourth-order valence-corrected chi connectivity index (χ4v) is 2.32. The molecule has 0 amide bonds. The van der Waals surface area contributed by atoms with Gasteiger partial charge in [0.05, 0.1) is 5.69 Å². The smallest absolute Gasteiger partial charge is 0.137 e. The molecular formula is C12H17N3OS. The normalized spacial score (nSPS) is 12.9. The van der Waals surface area contributed by atoms with Crippen molar-refractivity contribution < 1.29 is 4.52 Å². The van der Waals surface area contributed by atoms with Crippen LogP contribution in [0, 0.1) is 13.8 Å².